The monoisotopic (exact) mass is 384 g/mol. The van der Waals surface area contributed by atoms with Crippen molar-refractivity contribution in [1.82, 2.24) is 4.57 Å². The topological polar surface area (TPSA) is 34.0 Å². The average Bonchev–Trinajstić information content (AvgIpc) is 2.72. The van der Waals surface area contributed by atoms with Crippen LogP contribution in [0, 0.1) is 12.3 Å². The summed E-state index contributed by atoms with van der Waals surface area (Å²) in [5.41, 5.74) is 5.20. The maximum atomic E-state index is 12.5. The molecule has 1 N–H and O–H groups in total. The Hall–Kier alpha value is -3.48. The maximum Gasteiger partial charge on any atom is 0.251 e. The van der Waals surface area contributed by atoms with Gasteiger partial charge in [0.2, 0.25) is 0 Å². The summed E-state index contributed by atoms with van der Waals surface area (Å²) in [6, 6.07) is 22.8. The summed E-state index contributed by atoms with van der Waals surface area (Å²) < 4.78 is 1.65. The minimum Gasteiger partial charge on any atom is -0.356 e. The number of benzene rings is 3. The zero-order chi connectivity index (χ0) is 19.7. The van der Waals surface area contributed by atoms with E-state index in [0.29, 0.717) is 5.02 Å². The Labute approximate surface area is 168 Å². The number of nitrogens with zero attached hydrogens (tertiary/aromatic N) is 1. The van der Waals surface area contributed by atoms with E-state index in [1.807, 2.05) is 66.7 Å². The highest BCUT2D eigenvalue weighted by Gasteiger charge is 2.10. The number of aryl methyl sites for hydroxylation is 1. The van der Waals surface area contributed by atoms with Gasteiger partial charge in [-0.05, 0) is 65.7 Å². The van der Waals surface area contributed by atoms with E-state index in [-0.39, 0.29) is 5.56 Å². The standard InChI is InChI=1S/C24H17ClN2O/c1-3-16-5-4-6-17(13-16)21-15-24(28)27(2)23-12-11-20(14-22(21)23)26-19-9-7-18(25)8-10-19/h1,4-15,26H,2H3. The summed E-state index contributed by atoms with van der Waals surface area (Å²) in [5, 5.41) is 5.04. The zero-order valence-electron chi connectivity index (χ0n) is 15.2. The first-order chi connectivity index (χ1) is 13.5. The third-order valence-electron chi connectivity index (χ3n) is 4.72. The largest absolute Gasteiger partial charge is 0.356 e. The molecule has 1 aromatic heterocycles. The first-order valence-electron chi connectivity index (χ1n) is 8.78. The molecule has 0 radical (unpaired) electrons. The zero-order valence-corrected chi connectivity index (χ0v) is 16.0. The molecule has 3 aromatic carbocycles. The molecule has 3 nitrogen and oxygen atoms in total. The molecule has 0 unspecified atom stereocenters. The fourth-order valence-electron chi connectivity index (χ4n) is 3.25. The molecule has 136 valence electrons. The van der Waals surface area contributed by atoms with Gasteiger partial charge in [0.25, 0.3) is 5.56 Å². The molecule has 28 heavy (non-hydrogen) atoms. The van der Waals surface area contributed by atoms with Crippen molar-refractivity contribution in [2.24, 2.45) is 7.05 Å². The summed E-state index contributed by atoms with van der Waals surface area (Å²) in [6.07, 6.45) is 5.55. The highest BCUT2D eigenvalue weighted by molar-refractivity contribution is 6.30. The van der Waals surface area contributed by atoms with Gasteiger partial charge in [0.1, 0.15) is 0 Å². The van der Waals surface area contributed by atoms with Crippen LogP contribution >= 0.6 is 11.6 Å². The fraction of sp³-hybridized carbons (Fsp3) is 0.0417. The van der Waals surface area contributed by atoms with Gasteiger partial charge in [0.05, 0.1) is 5.52 Å². The Morgan fingerprint density at radius 2 is 1.71 bits per heavy atom. The summed E-state index contributed by atoms with van der Waals surface area (Å²) in [5.74, 6) is 2.65. The Balaban J connectivity index is 1.89. The molecule has 0 bridgehead atoms. The predicted octanol–water partition coefficient (Wildman–Crippen LogP) is 5.58. The normalized spacial score (nSPS) is 10.6. The quantitative estimate of drug-likeness (QED) is 0.467. The second-order valence-corrected chi connectivity index (χ2v) is 6.98. The first kappa shape index (κ1) is 17.9. The van der Waals surface area contributed by atoms with Gasteiger partial charge in [-0.1, -0.05) is 29.7 Å². The molecule has 0 saturated carbocycles. The van der Waals surface area contributed by atoms with Gasteiger partial charge in [0.15, 0.2) is 0 Å². The number of halogens is 1. The van der Waals surface area contributed by atoms with Crippen LogP contribution in [0.25, 0.3) is 22.0 Å². The van der Waals surface area contributed by atoms with Crippen molar-refractivity contribution in [2.75, 3.05) is 5.32 Å². The molecule has 0 aliphatic carbocycles. The number of pyridine rings is 1. The van der Waals surface area contributed by atoms with E-state index in [9.17, 15) is 4.79 Å². The first-order valence-corrected chi connectivity index (χ1v) is 9.16. The minimum atomic E-state index is -0.0629. The molecule has 0 spiro atoms. The number of hydrogen-bond acceptors (Lipinski definition) is 2. The number of hydrogen-bond donors (Lipinski definition) is 1. The van der Waals surface area contributed by atoms with Crippen LogP contribution in [0.4, 0.5) is 11.4 Å². The van der Waals surface area contributed by atoms with Crippen LogP contribution in [0.3, 0.4) is 0 Å². The van der Waals surface area contributed by atoms with Crippen molar-refractivity contribution < 1.29 is 0 Å². The average molecular weight is 385 g/mol. The Morgan fingerprint density at radius 3 is 2.46 bits per heavy atom. The van der Waals surface area contributed by atoms with Crippen LogP contribution in [0.15, 0.2) is 77.6 Å². The van der Waals surface area contributed by atoms with Gasteiger partial charge in [-0.25, -0.2) is 0 Å². The number of aromatic nitrogens is 1. The SMILES string of the molecule is C#Cc1cccc(-c2cc(=O)n(C)c3ccc(Nc4ccc(Cl)cc4)cc23)c1. The number of fused-ring (bicyclic) bond motifs is 1. The van der Waals surface area contributed by atoms with Crippen LogP contribution in [-0.2, 0) is 7.05 Å². The molecule has 4 aromatic rings. The molecule has 0 aliphatic heterocycles. The van der Waals surface area contributed by atoms with Gasteiger partial charge in [-0.2, -0.15) is 0 Å². The van der Waals surface area contributed by atoms with Gasteiger partial charge >= 0.3 is 0 Å². The number of nitrogens with one attached hydrogen (secondary N) is 1. The molecule has 1 heterocycles. The smallest absolute Gasteiger partial charge is 0.251 e. The maximum absolute atomic E-state index is 12.5. The second kappa shape index (κ2) is 7.26. The van der Waals surface area contributed by atoms with Crippen LogP contribution in [0.5, 0.6) is 0 Å². The van der Waals surface area contributed by atoms with Crippen LogP contribution < -0.4 is 10.9 Å². The van der Waals surface area contributed by atoms with Crippen LogP contribution in [-0.4, -0.2) is 4.57 Å². The van der Waals surface area contributed by atoms with Gasteiger partial charge in [-0.15, -0.1) is 6.42 Å². The molecule has 4 rings (SSSR count). The van der Waals surface area contributed by atoms with Crippen LogP contribution in [0.1, 0.15) is 5.56 Å². The lowest BCUT2D eigenvalue weighted by Crippen LogP contribution is -2.16. The molecule has 0 aliphatic rings. The van der Waals surface area contributed by atoms with E-state index in [0.717, 1.165) is 39.0 Å². The highest BCUT2D eigenvalue weighted by atomic mass is 35.5. The Kier molecular flexibility index (Phi) is 4.65. The number of terminal acetylenes is 1. The van der Waals surface area contributed by atoms with Crippen molar-refractivity contribution in [1.29, 1.82) is 0 Å². The number of anilines is 2. The summed E-state index contributed by atoms with van der Waals surface area (Å²) in [4.78, 5) is 12.5. The minimum absolute atomic E-state index is 0.0629. The molecule has 0 atom stereocenters. The van der Waals surface area contributed by atoms with E-state index in [4.69, 9.17) is 18.0 Å². The molecular weight excluding hydrogens is 368 g/mol. The lowest BCUT2D eigenvalue weighted by atomic mass is 9.99. The van der Waals surface area contributed by atoms with Gasteiger partial charge < -0.3 is 9.88 Å². The van der Waals surface area contributed by atoms with Crippen molar-refractivity contribution in [3.63, 3.8) is 0 Å². The Bertz CT molecular complexity index is 1280. The van der Waals surface area contributed by atoms with Crippen molar-refractivity contribution in [2.45, 2.75) is 0 Å². The number of rotatable bonds is 3. The predicted molar refractivity (Wildman–Crippen MR) is 117 cm³/mol. The van der Waals surface area contributed by atoms with E-state index >= 15 is 0 Å². The summed E-state index contributed by atoms with van der Waals surface area (Å²) >= 11 is 5.96. The second-order valence-electron chi connectivity index (χ2n) is 6.54. The third-order valence-corrected chi connectivity index (χ3v) is 4.97. The van der Waals surface area contributed by atoms with E-state index in [1.54, 1.807) is 17.7 Å². The molecule has 0 fully saturated rings. The highest BCUT2D eigenvalue weighted by Crippen LogP contribution is 2.30. The fourth-order valence-corrected chi connectivity index (χ4v) is 3.38. The lowest BCUT2D eigenvalue weighted by Gasteiger charge is -2.13. The third kappa shape index (κ3) is 3.38. The van der Waals surface area contributed by atoms with Crippen molar-refractivity contribution in [3.05, 3.63) is 93.7 Å². The Morgan fingerprint density at radius 1 is 0.964 bits per heavy atom. The van der Waals surface area contributed by atoms with Crippen LogP contribution in [0.2, 0.25) is 5.02 Å². The van der Waals surface area contributed by atoms with E-state index < -0.39 is 0 Å². The molecular formula is C24H17ClN2O. The van der Waals surface area contributed by atoms with Crippen molar-refractivity contribution >= 4 is 33.9 Å². The van der Waals surface area contributed by atoms with E-state index in [1.165, 1.54) is 0 Å². The van der Waals surface area contributed by atoms with E-state index in [2.05, 4.69) is 11.2 Å². The van der Waals surface area contributed by atoms with Gasteiger partial charge in [-0.3, -0.25) is 4.79 Å². The molecule has 0 saturated heterocycles. The lowest BCUT2D eigenvalue weighted by molar-refractivity contribution is 0.907. The molecule has 0 amide bonds. The molecule has 4 heteroatoms. The summed E-state index contributed by atoms with van der Waals surface area (Å²) in [7, 11) is 1.78. The summed E-state index contributed by atoms with van der Waals surface area (Å²) in [6.45, 7) is 0. The van der Waals surface area contributed by atoms with Crippen molar-refractivity contribution in [3.8, 4) is 23.5 Å². The van der Waals surface area contributed by atoms with Gasteiger partial charge in [0, 0.05) is 40.5 Å².